The van der Waals surface area contributed by atoms with E-state index in [1.54, 1.807) is 7.11 Å². The zero-order valence-corrected chi connectivity index (χ0v) is 19.5. The van der Waals surface area contributed by atoms with Crippen LogP contribution in [0.1, 0.15) is 36.1 Å². The van der Waals surface area contributed by atoms with Gasteiger partial charge in [-0.2, -0.15) is 0 Å². The topological polar surface area (TPSA) is 63.9 Å². The maximum absolute atomic E-state index is 6.63. The van der Waals surface area contributed by atoms with Crippen molar-refractivity contribution in [2.75, 3.05) is 44.0 Å². The number of pyridine rings is 1. The second-order valence-electron chi connectivity index (χ2n) is 8.86. The fraction of sp³-hybridized carbons (Fsp3) is 0.370. The number of anilines is 2. The molecule has 2 N–H and O–H groups in total. The van der Waals surface area contributed by atoms with Crippen LogP contribution in [0.15, 0.2) is 42.7 Å². The lowest BCUT2D eigenvalue weighted by molar-refractivity contribution is 0.255. The summed E-state index contributed by atoms with van der Waals surface area (Å²) < 4.78 is 12.0. The molecule has 0 unspecified atom stereocenters. The molecule has 0 spiro atoms. The molecule has 0 amide bonds. The SMILES string of the molecule is COc1c(OCCCN2CCCC2)ccc2c(N)c3c(cc12)CN(c1cccnc1C)C=C3. The number of aryl methyl sites for hydroxylation is 1. The molecule has 0 bridgehead atoms. The molecule has 1 aromatic heterocycles. The summed E-state index contributed by atoms with van der Waals surface area (Å²) in [4.78, 5) is 9.16. The fourth-order valence-corrected chi connectivity index (χ4v) is 5.00. The molecular weight excluding hydrogens is 412 g/mol. The van der Waals surface area contributed by atoms with E-state index in [1.807, 2.05) is 25.3 Å². The van der Waals surface area contributed by atoms with Gasteiger partial charge in [0.1, 0.15) is 0 Å². The summed E-state index contributed by atoms with van der Waals surface area (Å²) in [5.41, 5.74) is 11.7. The van der Waals surface area contributed by atoms with Gasteiger partial charge in [-0.25, -0.2) is 0 Å². The van der Waals surface area contributed by atoms with Crippen molar-refractivity contribution in [3.63, 3.8) is 0 Å². The lowest BCUT2D eigenvalue weighted by Crippen LogP contribution is -2.22. The highest BCUT2D eigenvalue weighted by atomic mass is 16.5. The van der Waals surface area contributed by atoms with Crippen molar-refractivity contribution in [1.82, 2.24) is 9.88 Å². The van der Waals surface area contributed by atoms with Crippen molar-refractivity contribution in [3.05, 3.63) is 59.5 Å². The number of fused-ring (bicyclic) bond motifs is 2. The van der Waals surface area contributed by atoms with Crippen LogP contribution in [0.4, 0.5) is 11.4 Å². The van der Waals surface area contributed by atoms with Crippen molar-refractivity contribution in [2.45, 2.75) is 32.7 Å². The van der Waals surface area contributed by atoms with Crippen molar-refractivity contribution < 1.29 is 9.47 Å². The number of hydrogen-bond acceptors (Lipinski definition) is 6. The van der Waals surface area contributed by atoms with E-state index in [-0.39, 0.29) is 0 Å². The summed E-state index contributed by atoms with van der Waals surface area (Å²) in [7, 11) is 1.70. The Bertz CT molecular complexity index is 1180. The first-order valence-corrected chi connectivity index (χ1v) is 11.8. The third-order valence-corrected chi connectivity index (χ3v) is 6.73. The van der Waals surface area contributed by atoms with Gasteiger partial charge in [0.2, 0.25) is 0 Å². The third kappa shape index (κ3) is 4.23. The van der Waals surface area contributed by atoms with Crippen molar-refractivity contribution in [2.24, 2.45) is 0 Å². The molecule has 3 heterocycles. The van der Waals surface area contributed by atoms with E-state index in [0.717, 1.165) is 70.0 Å². The molecule has 2 aliphatic rings. The highest BCUT2D eigenvalue weighted by Gasteiger charge is 2.21. The Balaban J connectivity index is 1.42. The highest BCUT2D eigenvalue weighted by molar-refractivity contribution is 6.03. The number of benzene rings is 2. The number of likely N-dealkylation sites (tertiary alicyclic amines) is 1. The minimum Gasteiger partial charge on any atom is -0.492 e. The number of nitrogen functional groups attached to an aromatic ring is 1. The zero-order chi connectivity index (χ0) is 22.8. The van der Waals surface area contributed by atoms with Crippen LogP contribution < -0.4 is 20.1 Å². The maximum atomic E-state index is 6.63. The van der Waals surface area contributed by atoms with Crippen LogP contribution >= 0.6 is 0 Å². The van der Waals surface area contributed by atoms with E-state index in [0.29, 0.717) is 6.61 Å². The number of rotatable bonds is 7. The average Bonchev–Trinajstić information content (AvgIpc) is 3.35. The summed E-state index contributed by atoms with van der Waals surface area (Å²) in [6, 6.07) is 10.3. The number of aromatic nitrogens is 1. The van der Waals surface area contributed by atoms with Crippen LogP contribution in [-0.2, 0) is 6.54 Å². The molecular formula is C27H32N4O2. The largest absolute Gasteiger partial charge is 0.492 e. The van der Waals surface area contributed by atoms with Crippen LogP contribution in [0, 0.1) is 6.92 Å². The van der Waals surface area contributed by atoms with Crippen LogP contribution in [-0.4, -0.2) is 43.2 Å². The molecule has 1 fully saturated rings. The summed E-state index contributed by atoms with van der Waals surface area (Å²) >= 11 is 0. The van der Waals surface area contributed by atoms with Gasteiger partial charge in [0.25, 0.3) is 0 Å². The molecule has 172 valence electrons. The third-order valence-electron chi connectivity index (χ3n) is 6.73. The molecule has 6 heteroatoms. The molecule has 0 radical (unpaired) electrons. The minimum absolute atomic E-state index is 0.676. The predicted octanol–water partition coefficient (Wildman–Crippen LogP) is 4.99. The highest BCUT2D eigenvalue weighted by Crippen LogP contribution is 2.42. The normalized spacial score (nSPS) is 15.8. The quantitative estimate of drug-likeness (QED) is 0.409. The van der Waals surface area contributed by atoms with Gasteiger partial charge in [0, 0.05) is 47.5 Å². The van der Waals surface area contributed by atoms with Gasteiger partial charge in [-0.15, -0.1) is 0 Å². The maximum Gasteiger partial charge on any atom is 0.168 e. The molecule has 1 saturated heterocycles. The van der Waals surface area contributed by atoms with Crippen molar-refractivity contribution >= 4 is 28.2 Å². The van der Waals surface area contributed by atoms with Gasteiger partial charge in [0.05, 0.1) is 25.1 Å². The monoisotopic (exact) mass is 444 g/mol. The molecule has 5 rings (SSSR count). The standard InChI is InChI=1S/C27H32N4O2/c1-19-24(7-5-11-29-19)31-15-10-21-20(18-31)17-23-22(26(21)28)8-9-25(27(23)32-2)33-16-6-14-30-12-3-4-13-30/h5,7-11,15,17H,3-4,6,12-14,16,18,28H2,1-2H3. The second kappa shape index (κ2) is 9.32. The van der Waals surface area contributed by atoms with Gasteiger partial charge in [0.15, 0.2) is 11.5 Å². The van der Waals surface area contributed by atoms with E-state index in [4.69, 9.17) is 15.2 Å². The summed E-state index contributed by atoms with van der Waals surface area (Å²) in [5.74, 6) is 1.53. The minimum atomic E-state index is 0.676. The molecule has 2 aliphatic heterocycles. The van der Waals surface area contributed by atoms with Gasteiger partial charge < -0.3 is 25.0 Å². The predicted molar refractivity (Wildman–Crippen MR) is 135 cm³/mol. The second-order valence-corrected chi connectivity index (χ2v) is 8.86. The Hall–Kier alpha value is -3.25. The Kier molecular flexibility index (Phi) is 6.09. The van der Waals surface area contributed by atoms with Gasteiger partial charge in [-0.3, -0.25) is 4.98 Å². The first kappa shape index (κ1) is 21.6. The van der Waals surface area contributed by atoms with Crippen LogP contribution in [0.2, 0.25) is 0 Å². The van der Waals surface area contributed by atoms with Crippen molar-refractivity contribution in [1.29, 1.82) is 0 Å². The molecule has 2 aromatic carbocycles. The Morgan fingerprint density at radius 1 is 1.12 bits per heavy atom. The van der Waals surface area contributed by atoms with E-state index < -0.39 is 0 Å². The molecule has 33 heavy (non-hydrogen) atoms. The molecule has 0 saturated carbocycles. The van der Waals surface area contributed by atoms with Crippen LogP contribution in [0.25, 0.3) is 16.8 Å². The van der Waals surface area contributed by atoms with E-state index in [2.05, 4.69) is 45.3 Å². The van der Waals surface area contributed by atoms with Gasteiger partial charge in [-0.1, -0.05) is 0 Å². The Morgan fingerprint density at radius 3 is 2.76 bits per heavy atom. The lowest BCUT2D eigenvalue weighted by atomic mass is 9.95. The first-order chi connectivity index (χ1) is 16.2. The number of nitrogens with zero attached hydrogens (tertiary/aromatic N) is 3. The number of ether oxygens (including phenoxy) is 2. The zero-order valence-electron chi connectivity index (χ0n) is 19.5. The molecule has 0 atom stereocenters. The molecule has 3 aromatic rings. The lowest BCUT2D eigenvalue weighted by Gasteiger charge is -2.28. The van der Waals surface area contributed by atoms with E-state index in [9.17, 15) is 0 Å². The fourth-order valence-electron chi connectivity index (χ4n) is 5.00. The smallest absolute Gasteiger partial charge is 0.168 e. The van der Waals surface area contributed by atoms with Gasteiger partial charge in [-0.05, 0) is 81.2 Å². The van der Waals surface area contributed by atoms with E-state index >= 15 is 0 Å². The Labute approximate surface area is 195 Å². The van der Waals surface area contributed by atoms with E-state index in [1.165, 1.54) is 25.9 Å². The average molecular weight is 445 g/mol. The summed E-state index contributed by atoms with van der Waals surface area (Å²) in [5, 5.41) is 1.98. The molecule has 0 aliphatic carbocycles. The summed E-state index contributed by atoms with van der Waals surface area (Å²) in [6.45, 7) is 6.95. The van der Waals surface area contributed by atoms with Crippen LogP contribution in [0.5, 0.6) is 11.5 Å². The summed E-state index contributed by atoms with van der Waals surface area (Å²) in [6.07, 6.45) is 9.65. The molecule has 6 nitrogen and oxygen atoms in total. The van der Waals surface area contributed by atoms with Crippen LogP contribution in [0.3, 0.4) is 0 Å². The van der Waals surface area contributed by atoms with Crippen molar-refractivity contribution in [3.8, 4) is 11.5 Å². The Morgan fingerprint density at radius 2 is 1.97 bits per heavy atom. The van der Waals surface area contributed by atoms with Gasteiger partial charge >= 0.3 is 0 Å². The number of hydrogen-bond donors (Lipinski definition) is 1. The first-order valence-electron chi connectivity index (χ1n) is 11.8. The number of nitrogens with two attached hydrogens (primary N) is 1. The number of methoxy groups -OCH3 is 1.